The largest absolute Gasteiger partial charge is 0.450 e. The van der Waals surface area contributed by atoms with Crippen LogP contribution in [0.4, 0.5) is 0 Å². The summed E-state index contributed by atoms with van der Waals surface area (Å²) >= 11 is 28.8. The summed E-state index contributed by atoms with van der Waals surface area (Å²) in [6.07, 6.45) is 0. The van der Waals surface area contributed by atoms with Gasteiger partial charge in [0.1, 0.15) is 0 Å². The van der Waals surface area contributed by atoms with Crippen LogP contribution in [0.25, 0.3) is 0 Å². The van der Waals surface area contributed by atoms with Gasteiger partial charge in [0.15, 0.2) is 4.30 Å². The monoisotopic (exact) mass is 234 g/mol. The zero-order valence-electron chi connectivity index (χ0n) is 3.42. The average molecular weight is 237 g/mol. The molecule has 0 amide bonds. The van der Waals surface area contributed by atoms with Crippen LogP contribution in [0, 0.1) is 0 Å². The van der Waals surface area contributed by atoms with Crippen molar-refractivity contribution in [1.82, 2.24) is 0 Å². The van der Waals surface area contributed by atoms with E-state index in [2.05, 4.69) is 0 Å². The molecule has 8 heavy (non-hydrogen) atoms. The van der Waals surface area contributed by atoms with Crippen LogP contribution >= 0.6 is 69.2 Å². The van der Waals surface area contributed by atoms with Gasteiger partial charge >= 0.3 is 4.96 Å². The van der Waals surface area contributed by atoms with Crippen LogP contribution in [-0.4, -0.2) is 9.25 Å². The lowest BCUT2D eigenvalue weighted by atomic mass is 10.7. The summed E-state index contributed by atoms with van der Waals surface area (Å²) in [4.78, 5) is -0.750. The molecule has 0 aromatic heterocycles. The van der Waals surface area contributed by atoms with Crippen LogP contribution in [0.3, 0.4) is 0 Å². The first kappa shape index (κ1) is 12.5. The third-order valence-electron chi connectivity index (χ3n) is 0. The van der Waals surface area contributed by atoms with E-state index in [4.69, 9.17) is 69.2 Å². The fourth-order valence-corrected chi connectivity index (χ4v) is 0. The van der Waals surface area contributed by atoms with Crippen molar-refractivity contribution in [2.24, 2.45) is 0 Å². The Morgan fingerprint density at radius 1 is 0.875 bits per heavy atom. The molecule has 0 aliphatic rings. The molecule has 50 valence electrons. The molecule has 0 aromatic rings. The quantitative estimate of drug-likeness (QED) is 0.445. The lowest BCUT2D eigenvalue weighted by Gasteiger charge is -1.69. The molecule has 0 radical (unpaired) electrons. The number of rotatable bonds is 0. The SMILES string of the molecule is ClB(Cl)Cl.ClC(Cl)Cl. The van der Waals surface area contributed by atoms with E-state index < -0.39 is 9.25 Å². The first-order valence-electron chi connectivity index (χ1n) is 1.31. The molecular weight excluding hydrogens is 236 g/mol. The second kappa shape index (κ2) is 8.80. The van der Waals surface area contributed by atoms with Crippen LogP contribution < -0.4 is 0 Å². The molecule has 0 aliphatic heterocycles. The van der Waals surface area contributed by atoms with Gasteiger partial charge < -0.3 is 0 Å². The molecule has 7 heteroatoms. The zero-order valence-corrected chi connectivity index (χ0v) is 7.96. The maximum atomic E-state index is 4.81. The minimum atomic E-state index is -0.750. The molecule has 0 aromatic carbocycles. The third kappa shape index (κ3) is 111. The molecular formula is CHBCl6. The first-order chi connectivity index (χ1) is 3.46. The van der Waals surface area contributed by atoms with Crippen molar-refractivity contribution in [3.63, 3.8) is 0 Å². The second-order valence-electron chi connectivity index (χ2n) is 0.495. The molecule has 0 saturated heterocycles. The highest BCUT2D eigenvalue weighted by molar-refractivity contribution is 7.54. The molecule has 0 aliphatic carbocycles. The van der Waals surface area contributed by atoms with E-state index in [0.717, 1.165) is 0 Å². The number of hydrogen-bond acceptors (Lipinski definition) is 0. The standard InChI is InChI=1S/CHCl3.BCl3/c2*2-1(3)4/h1H;. The minimum Gasteiger partial charge on any atom is -0.150 e. The van der Waals surface area contributed by atoms with Gasteiger partial charge in [-0.05, 0) is 0 Å². The molecule has 0 spiro atoms. The zero-order chi connectivity index (χ0) is 7.15. The van der Waals surface area contributed by atoms with E-state index in [-0.39, 0.29) is 0 Å². The summed E-state index contributed by atoms with van der Waals surface area (Å²) in [7, 11) is 0. The number of halogens is 6. The molecule has 0 bridgehead atoms. The van der Waals surface area contributed by atoms with Crippen molar-refractivity contribution in [3.05, 3.63) is 0 Å². The van der Waals surface area contributed by atoms with Gasteiger partial charge in [-0.25, -0.2) is 0 Å². The van der Waals surface area contributed by atoms with Crippen LogP contribution in [-0.2, 0) is 0 Å². The summed E-state index contributed by atoms with van der Waals surface area (Å²) in [5.74, 6) is 0. The average Bonchev–Trinajstić information content (AvgIpc) is 1.25. The summed E-state index contributed by atoms with van der Waals surface area (Å²) in [6.45, 7) is 0. The maximum Gasteiger partial charge on any atom is 0.450 e. The molecule has 0 heterocycles. The Morgan fingerprint density at radius 3 is 0.875 bits per heavy atom. The van der Waals surface area contributed by atoms with Gasteiger partial charge in [0.05, 0.1) is 0 Å². The lowest BCUT2D eigenvalue weighted by molar-refractivity contribution is 1.96. The Balaban J connectivity index is 0. The predicted octanol–water partition coefficient (Wildman–Crippen LogP) is 3.67. The van der Waals surface area contributed by atoms with Gasteiger partial charge in [-0.3, -0.25) is 0 Å². The fourth-order valence-electron chi connectivity index (χ4n) is 0. The van der Waals surface area contributed by atoms with E-state index in [9.17, 15) is 0 Å². The third-order valence-corrected chi connectivity index (χ3v) is 0. The summed E-state index contributed by atoms with van der Waals surface area (Å²) in [5.41, 5.74) is 0. The summed E-state index contributed by atoms with van der Waals surface area (Å²) < 4.78 is -0.750. The van der Waals surface area contributed by atoms with E-state index in [1.165, 1.54) is 0 Å². The van der Waals surface area contributed by atoms with Crippen molar-refractivity contribution in [3.8, 4) is 0 Å². The van der Waals surface area contributed by atoms with Crippen molar-refractivity contribution in [2.75, 3.05) is 0 Å². The highest BCUT2D eigenvalue weighted by Crippen LogP contribution is 2.03. The molecule has 0 atom stereocenters. The van der Waals surface area contributed by atoms with E-state index in [1.54, 1.807) is 0 Å². The molecule has 0 rings (SSSR count). The summed E-state index contributed by atoms with van der Waals surface area (Å²) in [6, 6.07) is 0. The van der Waals surface area contributed by atoms with Crippen LogP contribution in [0.5, 0.6) is 0 Å². The van der Waals surface area contributed by atoms with Gasteiger partial charge in [0, 0.05) is 0 Å². The first-order valence-corrected chi connectivity index (χ1v) is 3.93. The number of alkyl halides is 3. The van der Waals surface area contributed by atoms with E-state index >= 15 is 0 Å². The highest BCUT2D eigenvalue weighted by atomic mass is 35.6. The van der Waals surface area contributed by atoms with Crippen LogP contribution in [0.2, 0.25) is 0 Å². The molecule has 0 N–H and O–H groups in total. The minimum absolute atomic E-state index is 0.750. The van der Waals surface area contributed by atoms with Crippen molar-refractivity contribution in [2.45, 2.75) is 4.30 Å². The molecule has 0 fully saturated rings. The summed E-state index contributed by atoms with van der Waals surface area (Å²) in [5, 5.41) is 0. The smallest absolute Gasteiger partial charge is 0.150 e. The lowest BCUT2D eigenvalue weighted by Crippen LogP contribution is -1.66. The van der Waals surface area contributed by atoms with Gasteiger partial charge in [-0.2, -0.15) is 34.4 Å². The van der Waals surface area contributed by atoms with Crippen molar-refractivity contribution >= 4 is 74.1 Å². The van der Waals surface area contributed by atoms with E-state index in [0.29, 0.717) is 0 Å². The number of hydrogen-bond donors (Lipinski definition) is 0. The second-order valence-corrected chi connectivity index (χ2v) is 4.45. The molecule has 0 nitrogen and oxygen atoms in total. The predicted molar refractivity (Wildman–Crippen MR) is 44.7 cm³/mol. The topological polar surface area (TPSA) is 0 Å². The maximum absolute atomic E-state index is 4.81. The van der Waals surface area contributed by atoms with Crippen molar-refractivity contribution < 1.29 is 0 Å². The Kier molecular flexibility index (Phi) is 13.7. The van der Waals surface area contributed by atoms with Gasteiger partial charge in [0.2, 0.25) is 0 Å². The Morgan fingerprint density at radius 2 is 0.875 bits per heavy atom. The Bertz CT molecular complexity index is 24.0. The molecule has 0 unspecified atom stereocenters. The molecule has 0 saturated carbocycles. The normalized spacial score (nSPS) is 7.88. The van der Waals surface area contributed by atoms with Crippen LogP contribution in [0.1, 0.15) is 0 Å². The fraction of sp³-hybridized carbons (Fsp3) is 1.00. The van der Waals surface area contributed by atoms with Crippen molar-refractivity contribution in [1.29, 1.82) is 0 Å². The Hall–Kier alpha value is 1.80. The van der Waals surface area contributed by atoms with Gasteiger partial charge in [-0.15, -0.1) is 0 Å². The van der Waals surface area contributed by atoms with E-state index in [1.807, 2.05) is 0 Å². The van der Waals surface area contributed by atoms with Gasteiger partial charge in [0.25, 0.3) is 0 Å². The Labute approximate surface area is 78.1 Å². The van der Waals surface area contributed by atoms with Crippen LogP contribution in [0.15, 0.2) is 0 Å². The highest BCUT2D eigenvalue weighted by Gasteiger charge is 1.91. The van der Waals surface area contributed by atoms with Gasteiger partial charge in [-0.1, -0.05) is 34.8 Å².